The van der Waals surface area contributed by atoms with Crippen molar-refractivity contribution in [2.75, 3.05) is 52.5 Å². The highest BCUT2D eigenvalue weighted by molar-refractivity contribution is 5.85. The molecule has 1 N–H and O–H groups in total. The highest BCUT2D eigenvalue weighted by Crippen LogP contribution is 2.20. The highest BCUT2D eigenvalue weighted by atomic mass is 16.5. The third-order valence-electron chi connectivity index (χ3n) is 4.53. The predicted octanol–water partition coefficient (Wildman–Crippen LogP) is 1.97. The van der Waals surface area contributed by atoms with Crippen molar-refractivity contribution in [1.82, 2.24) is 9.80 Å². The molecule has 1 aliphatic rings. The molecule has 1 fully saturated rings. The summed E-state index contributed by atoms with van der Waals surface area (Å²) in [5, 5.41) is 12.0. The lowest BCUT2D eigenvalue weighted by Crippen LogP contribution is -2.41. The predicted molar refractivity (Wildman–Crippen MR) is 93.6 cm³/mol. The smallest absolute Gasteiger partial charge is 0.0594 e. The van der Waals surface area contributed by atoms with Crippen molar-refractivity contribution in [2.24, 2.45) is 0 Å². The van der Waals surface area contributed by atoms with Gasteiger partial charge in [0.15, 0.2) is 0 Å². The molecular weight excluding hydrogens is 288 g/mol. The molecule has 4 nitrogen and oxygen atoms in total. The molecular formula is C19H26N2O2. The number of aliphatic hydroxyl groups is 1. The fourth-order valence-corrected chi connectivity index (χ4v) is 3.19. The quantitative estimate of drug-likeness (QED) is 0.847. The van der Waals surface area contributed by atoms with E-state index in [1.165, 1.54) is 16.3 Å². The first-order valence-electron chi connectivity index (χ1n) is 8.47. The first-order valence-corrected chi connectivity index (χ1v) is 8.47. The Morgan fingerprint density at radius 1 is 1.00 bits per heavy atom. The van der Waals surface area contributed by atoms with Crippen LogP contribution in [0.25, 0.3) is 10.8 Å². The normalized spacial score (nSPS) is 16.3. The van der Waals surface area contributed by atoms with Crippen molar-refractivity contribution < 1.29 is 9.84 Å². The first-order chi connectivity index (χ1) is 11.4. The Labute approximate surface area is 138 Å². The summed E-state index contributed by atoms with van der Waals surface area (Å²) < 4.78 is 5.40. The van der Waals surface area contributed by atoms with Crippen molar-refractivity contribution in [3.8, 4) is 0 Å². The summed E-state index contributed by atoms with van der Waals surface area (Å²) in [7, 11) is 0. The third-order valence-corrected chi connectivity index (χ3v) is 4.53. The van der Waals surface area contributed by atoms with E-state index < -0.39 is 0 Å². The average molecular weight is 314 g/mol. The third kappa shape index (κ3) is 4.52. The second-order valence-electron chi connectivity index (χ2n) is 6.09. The standard InChI is InChI=1S/C19H26N2O2/c22-13-10-21(9-8-20-11-14-23-15-12-20)16-18-6-3-5-17-4-1-2-7-19(17)18/h1-7,22H,8-16H2. The molecule has 0 amide bonds. The van der Waals surface area contributed by atoms with Gasteiger partial charge in [0.25, 0.3) is 0 Å². The molecule has 1 saturated heterocycles. The van der Waals surface area contributed by atoms with E-state index >= 15 is 0 Å². The molecule has 2 aromatic carbocycles. The topological polar surface area (TPSA) is 35.9 Å². The summed E-state index contributed by atoms with van der Waals surface area (Å²) >= 11 is 0. The van der Waals surface area contributed by atoms with Gasteiger partial charge in [-0.05, 0) is 16.3 Å². The molecule has 3 rings (SSSR count). The Bertz CT molecular complexity index is 606. The number of morpholine rings is 1. The van der Waals surface area contributed by atoms with Crippen LogP contribution in [0.5, 0.6) is 0 Å². The van der Waals surface area contributed by atoms with E-state index in [1.807, 2.05) is 0 Å². The van der Waals surface area contributed by atoms with Crippen LogP contribution >= 0.6 is 0 Å². The maximum absolute atomic E-state index is 9.39. The van der Waals surface area contributed by atoms with Crippen molar-refractivity contribution in [3.63, 3.8) is 0 Å². The van der Waals surface area contributed by atoms with E-state index in [9.17, 15) is 5.11 Å². The second-order valence-corrected chi connectivity index (χ2v) is 6.09. The summed E-state index contributed by atoms with van der Waals surface area (Å²) in [6.45, 7) is 7.51. The lowest BCUT2D eigenvalue weighted by molar-refractivity contribution is 0.0320. The minimum atomic E-state index is 0.202. The van der Waals surface area contributed by atoms with Gasteiger partial charge in [0, 0.05) is 39.3 Å². The van der Waals surface area contributed by atoms with Gasteiger partial charge in [-0.3, -0.25) is 9.80 Å². The zero-order chi connectivity index (χ0) is 15.9. The highest BCUT2D eigenvalue weighted by Gasteiger charge is 2.13. The zero-order valence-corrected chi connectivity index (χ0v) is 13.7. The van der Waals surface area contributed by atoms with Gasteiger partial charge < -0.3 is 9.84 Å². The van der Waals surface area contributed by atoms with E-state index in [0.29, 0.717) is 6.54 Å². The molecule has 0 bridgehead atoms. The number of fused-ring (bicyclic) bond motifs is 1. The van der Waals surface area contributed by atoms with Crippen molar-refractivity contribution in [2.45, 2.75) is 6.54 Å². The Kier molecular flexibility index (Phi) is 6.00. The maximum atomic E-state index is 9.39. The van der Waals surface area contributed by atoms with Crippen LogP contribution in [0.15, 0.2) is 42.5 Å². The molecule has 4 heteroatoms. The van der Waals surface area contributed by atoms with E-state index in [4.69, 9.17) is 4.74 Å². The first kappa shape index (κ1) is 16.4. The summed E-state index contributed by atoms with van der Waals surface area (Å²) in [4.78, 5) is 4.79. The summed E-state index contributed by atoms with van der Waals surface area (Å²) in [5.74, 6) is 0. The van der Waals surface area contributed by atoms with Crippen LogP contribution in [0.2, 0.25) is 0 Å². The fraction of sp³-hybridized carbons (Fsp3) is 0.474. The molecule has 0 spiro atoms. The zero-order valence-electron chi connectivity index (χ0n) is 13.7. The van der Waals surface area contributed by atoms with Crippen molar-refractivity contribution >= 4 is 10.8 Å². The lowest BCUT2D eigenvalue weighted by Gasteiger charge is -2.30. The molecule has 0 unspecified atom stereocenters. The molecule has 0 saturated carbocycles. The van der Waals surface area contributed by atoms with Crippen LogP contribution < -0.4 is 0 Å². The van der Waals surface area contributed by atoms with Gasteiger partial charge in [0.05, 0.1) is 19.8 Å². The van der Waals surface area contributed by atoms with Gasteiger partial charge in [0.1, 0.15) is 0 Å². The Morgan fingerprint density at radius 2 is 1.78 bits per heavy atom. The number of hydrogen-bond acceptors (Lipinski definition) is 4. The van der Waals surface area contributed by atoms with E-state index in [0.717, 1.165) is 45.9 Å². The van der Waals surface area contributed by atoms with E-state index in [1.54, 1.807) is 0 Å². The Morgan fingerprint density at radius 3 is 2.61 bits per heavy atom. The van der Waals surface area contributed by atoms with Crippen LogP contribution in [-0.2, 0) is 11.3 Å². The molecule has 1 aliphatic heterocycles. The lowest BCUT2D eigenvalue weighted by atomic mass is 10.0. The van der Waals surface area contributed by atoms with Crippen LogP contribution in [0.1, 0.15) is 5.56 Å². The maximum Gasteiger partial charge on any atom is 0.0594 e. The van der Waals surface area contributed by atoms with E-state index in [2.05, 4.69) is 52.3 Å². The summed E-state index contributed by atoms with van der Waals surface area (Å²) in [6, 6.07) is 15.0. The van der Waals surface area contributed by atoms with Gasteiger partial charge >= 0.3 is 0 Å². The minimum Gasteiger partial charge on any atom is -0.395 e. The SMILES string of the molecule is OCCN(CCN1CCOCC1)Cc1cccc2ccccc12. The monoisotopic (exact) mass is 314 g/mol. The molecule has 1 heterocycles. The van der Waals surface area contributed by atoms with Crippen molar-refractivity contribution in [1.29, 1.82) is 0 Å². The average Bonchev–Trinajstić information content (AvgIpc) is 2.61. The van der Waals surface area contributed by atoms with Crippen LogP contribution in [0.4, 0.5) is 0 Å². The van der Waals surface area contributed by atoms with Gasteiger partial charge in [0.2, 0.25) is 0 Å². The van der Waals surface area contributed by atoms with Gasteiger partial charge in [-0.1, -0.05) is 42.5 Å². The molecule has 0 radical (unpaired) electrons. The second kappa shape index (κ2) is 8.41. The number of benzene rings is 2. The Balaban J connectivity index is 1.65. The molecule has 124 valence electrons. The molecule has 0 aliphatic carbocycles. The number of ether oxygens (including phenoxy) is 1. The Hall–Kier alpha value is -1.46. The largest absolute Gasteiger partial charge is 0.395 e. The van der Waals surface area contributed by atoms with Gasteiger partial charge in [-0.2, -0.15) is 0 Å². The minimum absolute atomic E-state index is 0.202. The number of aliphatic hydroxyl groups excluding tert-OH is 1. The summed E-state index contributed by atoms with van der Waals surface area (Å²) in [6.07, 6.45) is 0. The molecule has 2 aromatic rings. The number of nitrogens with zero attached hydrogens (tertiary/aromatic N) is 2. The van der Waals surface area contributed by atoms with Crippen LogP contribution in [-0.4, -0.2) is 67.5 Å². The van der Waals surface area contributed by atoms with Gasteiger partial charge in [-0.15, -0.1) is 0 Å². The van der Waals surface area contributed by atoms with E-state index in [-0.39, 0.29) is 6.61 Å². The summed E-state index contributed by atoms with van der Waals surface area (Å²) in [5.41, 5.74) is 1.33. The van der Waals surface area contributed by atoms with Gasteiger partial charge in [-0.25, -0.2) is 0 Å². The van der Waals surface area contributed by atoms with Crippen LogP contribution in [0, 0.1) is 0 Å². The van der Waals surface area contributed by atoms with Crippen LogP contribution in [0.3, 0.4) is 0 Å². The molecule has 0 atom stereocenters. The number of rotatable bonds is 7. The number of hydrogen-bond donors (Lipinski definition) is 1. The molecule has 23 heavy (non-hydrogen) atoms. The van der Waals surface area contributed by atoms with Crippen molar-refractivity contribution in [3.05, 3.63) is 48.0 Å². The molecule has 0 aromatic heterocycles. The fourth-order valence-electron chi connectivity index (χ4n) is 3.19.